The maximum absolute atomic E-state index is 12.9. The van der Waals surface area contributed by atoms with Crippen molar-refractivity contribution in [2.45, 2.75) is 335 Å². The third kappa shape index (κ3) is 56.4. The second-order valence-corrected chi connectivity index (χ2v) is 20.6. The Hall–Kier alpha value is -2.37. The average molecular weight is 970 g/mol. The largest absolute Gasteiger partial charge is 0.462 e. The van der Waals surface area contributed by atoms with Crippen molar-refractivity contribution in [3.05, 3.63) is 36.5 Å². The van der Waals surface area contributed by atoms with Gasteiger partial charge in [-0.25, -0.2) is 0 Å². The van der Waals surface area contributed by atoms with Crippen molar-refractivity contribution in [2.24, 2.45) is 0 Å². The van der Waals surface area contributed by atoms with Gasteiger partial charge in [0.2, 0.25) is 0 Å². The number of rotatable bonds is 56. The normalized spacial score (nSPS) is 12.2. The zero-order chi connectivity index (χ0) is 50.0. The Morgan fingerprint density at radius 3 is 0.884 bits per heavy atom. The zero-order valence-corrected chi connectivity index (χ0v) is 46.3. The van der Waals surface area contributed by atoms with Crippen molar-refractivity contribution in [1.29, 1.82) is 0 Å². The van der Waals surface area contributed by atoms with Gasteiger partial charge in [-0.15, -0.1) is 0 Å². The zero-order valence-electron chi connectivity index (χ0n) is 46.3. The van der Waals surface area contributed by atoms with Crippen LogP contribution >= 0.6 is 0 Å². The Labute approximate surface area is 429 Å². The van der Waals surface area contributed by atoms with Gasteiger partial charge in [0.25, 0.3) is 0 Å². The van der Waals surface area contributed by atoms with Crippen LogP contribution < -0.4 is 0 Å². The third-order valence-electron chi connectivity index (χ3n) is 13.6. The molecule has 0 fully saturated rings. The lowest BCUT2D eigenvalue weighted by Crippen LogP contribution is -2.30. The molecule has 6 heteroatoms. The van der Waals surface area contributed by atoms with Gasteiger partial charge < -0.3 is 14.2 Å². The maximum atomic E-state index is 12.9. The lowest BCUT2D eigenvalue weighted by molar-refractivity contribution is -0.167. The molecule has 0 aliphatic heterocycles. The number of unbranched alkanes of at least 4 members (excludes halogenated alkanes) is 39. The van der Waals surface area contributed by atoms with Crippen LogP contribution in [0.4, 0.5) is 0 Å². The third-order valence-corrected chi connectivity index (χ3v) is 13.6. The van der Waals surface area contributed by atoms with Crippen molar-refractivity contribution in [2.75, 3.05) is 13.2 Å². The standard InChI is InChI=1S/C63H116O6/c1-4-7-10-13-16-19-22-25-28-30-32-34-35-38-41-44-47-50-53-56-62(65)68-59-60(58-67-61(64)55-52-49-46-43-40-37-27-24-21-18-15-12-9-6-3)69-63(66)57-54-51-48-45-42-39-36-33-31-29-26-23-20-17-14-11-8-5-2/h9,12,18,21,33,36,60H,4-8,10-11,13-17,19-20,22-32,34-35,37-59H2,1-3H3/b12-9-,21-18-,36-33-. The summed E-state index contributed by atoms with van der Waals surface area (Å²) < 4.78 is 16.9. The molecule has 69 heavy (non-hydrogen) atoms. The highest BCUT2D eigenvalue weighted by Crippen LogP contribution is 2.17. The highest BCUT2D eigenvalue weighted by Gasteiger charge is 2.19. The molecule has 0 aliphatic carbocycles. The summed E-state index contributed by atoms with van der Waals surface area (Å²) in [5.41, 5.74) is 0. The van der Waals surface area contributed by atoms with E-state index in [2.05, 4.69) is 57.2 Å². The molecule has 0 rings (SSSR count). The molecule has 1 atom stereocenters. The molecule has 0 N–H and O–H groups in total. The van der Waals surface area contributed by atoms with E-state index in [9.17, 15) is 14.4 Å². The Balaban J connectivity index is 4.33. The van der Waals surface area contributed by atoms with Crippen LogP contribution in [0, 0.1) is 0 Å². The smallest absolute Gasteiger partial charge is 0.306 e. The molecule has 0 aromatic carbocycles. The fraction of sp³-hybridized carbons (Fsp3) is 0.857. The summed E-state index contributed by atoms with van der Waals surface area (Å²) in [6.07, 6.45) is 70.0. The first-order valence-electron chi connectivity index (χ1n) is 30.5. The van der Waals surface area contributed by atoms with Crippen LogP contribution in [0.2, 0.25) is 0 Å². The molecule has 0 radical (unpaired) electrons. The van der Waals surface area contributed by atoms with Gasteiger partial charge in [0.15, 0.2) is 6.10 Å². The fourth-order valence-electron chi connectivity index (χ4n) is 9.07. The molecule has 0 bridgehead atoms. The van der Waals surface area contributed by atoms with Gasteiger partial charge in [0.05, 0.1) is 0 Å². The molecule has 404 valence electrons. The Morgan fingerprint density at radius 1 is 0.304 bits per heavy atom. The summed E-state index contributed by atoms with van der Waals surface area (Å²) in [6, 6.07) is 0. The molecule has 0 aromatic rings. The SMILES string of the molecule is CC/C=C\C/C=C\CCCCCCCCCC(=O)OCC(COC(=O)CCCCCCCCCCCCCCCCCCCCC)OC(=O)CCCCCCC/C=C\CCCCCCCCCCC. The van der Waals surface area contributed by atoms with Gasteiger partial charge in [-0.3, -0.25) is 14.4 Å². The summed E-state index contributed by atoms with van der Waals surface area (Å²) in [4.78, 5) is 38.2. The van der Waals surface area contributed by atoms with Crippen molar-refractivity contribution in [3.8, 4) is 0 Å². The topological polar surface area (TPSA) is 78.9 Å². The highest BCUT2D eigenvalue weighted by molar-refractivity contribution is 5.71. The van der Waals surface area contributed by atoms with E-state index in [-0.39, 0.29) is 31.1 Å². The van der Waals surface area contributed by atoms with E-state index in [1.807, 2.05) is 0 Å². The van der Waals surface area contributed by atoms with E-state index >= 15 is 0 Å². The van der Waals surface area contributed by atoms with Crippen molar-refractivity contribution >= 4 is 17.9 Å². The van der Waals surface area contributed by atoms with Crippen LogP contribution in [0.1, 0.15) is 329 Å². The summed E-state index contributed by atoms with van der Waals surface area (Å²) in [5.74, 6) is -0.871. The fourth-order valence-corrected chi connectivity index (χ4v) is 9.07. The second-order valence-electron chi connectivity index (χ2n) is 20.6. The van der Waals surface area contributed by atoms with Gasteiger partial charge in [0, 0.05) is 19.3 Å². The molecule has 0 saturated heterocycles. The molecule has 1 unspecified atom stereocenters. The molecule has 0 heterocycles. The number of hydrogen-bond acceptors (Lipinski definition) is 6. The van der Waals surface area contributed by atoms with E-state index in [1.54, 1.807) is 0 Å². The van der Waals surface area contributed by atoms with E-state index in [0.29, 0.717) is 19.3 Å². The van der Waals surface area contributed by atoms with Gasteiger partial charge in [-0.1, -0.05) is 276 Å². The van der Waals surface area contributed by atoms with Gasteiger partial charge in [0.1, 0.15) is 13.2 Å². The number of hydrogen-bond donors (Lipinski definition) is 0. The Kier molecular flexibility index (Phi) is 56.2. The maximum Gasteiger partial charge on any atom is 0.306 e. The molecular weight excluding hydrogens is 853 g/mol. The van der Waals surface area contributed by atoms with E-state index in [0.717, 1.165) is 83.5 Å². The molecular formula is C63H116O6. The lowest BCUT2D eigenvalue weighted by Gasteiger charge is -2.18. The van der Waals surface area contributed by atoms with Crippen LogP contribution in [0.3, 0.4) is 0 Å². The first kappa shape index (κ1) is 66.6. The van der Waals surface area contributed by atoms with E-state index in [1.165, 1.54) is 205 Å². The molecule has 0 aromatic heterocycles. The molecule has 6 nitrogen and oxygen atoms in total. The number of carbonyl (C=O) groups excluding carboxylic acids is 3. The quantitative estimate of drug-likeness (QED) is 0.0261. The molecule has 0 aliphatic rings. The van der Waals surface area contributed by atoms with Gasteiger partial charge in [-0.05, 0) is 70.6 Å². The van der Waals surface area contributed by atoms with E-state index in [4.69, 9.17) is 14.2 Å². The Morgan fingerprint density at radius 2 is 0.565 bits per heavy atom. The van der Waals surface area contributed by atoms with Crippen LogP contribution in [0.5, 0.6) is 0 Å². The monoisotopic (exact) mass is 969 g/mol. The molecule has 0 amide bonds. The molecule has 0 spiro atoms. The van der Waals surface area contributed by atoms with Crippen molar-refractivity contribution in [1.82, 2.24) is 0 Å². The van der Waals surface area contributed by atoms with E-state index < -0.39 is 6.10 Å². The minimum absolute atomic E-state index is 0.0741. The average Bonchev–Trinajstić information content (AvgIpc) is 3.35. The van der Waals surface area contributed by atoms with Crippen molar-refractivity contribution < 1.29 is 28.6 Å². The number of ether oxygens (including phenoxy) is 3. The second kappa shape index (κ2) is 58.2. The predicted octanol–water partition coefficient (Wildman–Crippen LogP) is 20.4. The molecule has 0 saturated carbocycles. The van der Waals surface area contributed by atoms with Crippen LogP contribution in [0.25, 0.3) is 0 Å². The first-order chi connectivity index (χ1) is 34.0. The van der Waals surface area contributed by atoms with Crippen molar-refractivity contribution in [3.63, 3.8) is 0 Å². The lowest BCUT2D eigenvalue weighted by atomic mass is 10.0. The van der Waals surface area contributed by atoms with Crippen LogP contribution in [-0.2, 0) is 28.6 Å². The summed E-state index contributed by atoms with van der Waals surface area (Å²) in [5, 5.41) is 0. The number of allylic oxidation sites excluding steroid dienone is 6. The Bertz CT molecular complexity index is 1160. The van der Waals surface area contributed by atoms with Crippen LogP contribution in [0.15, 0.2) is 36.5 Å². The predicted molar refractivity (Wildman–Crippen MR) is 298 cm³/mol. The summed E-state index contributed by atoms with van der Waals surface area (Å²) in [7, 11) is 0. The van der Waals surface area contributed by atoms with Gasteiger partial charge in [-0.2, -0.15) is 0 Å². The highest BCUT2D eigenvalue weighted by atomic mass is 16.6. The van der Waals surface area contributed by atoms with Crippen LogP contribution in [-0.4, -0.2) is 37.2 Å². The van der Waals surface area contributed by atoms with Gasteiger partial charge >= 0.3 is 17.9 Å². The first-order valence-corrected chi connectivity index (χ1v) is 30.5. The minimum atomic E-state index is -0.777. The number of esters is 3. The minimum Gasteiger partial charge on any atom is -0.462 e. The number of carbonyl (C=O) groups is 3. The summed E-state index contributed by atoms with van der Waals surface area (Å²) in [6.45, 7) is 6.58. The summed E-state index contributed by atoms with van der Waals surface area (Å²) >= 11 is 0.